The van der Waals surface area contributed by atoms with Crippen LogP contribution >= 0.6 is 0 Å². The third-order valence-electron chi connectivity index (χ3n) is 5.46. The van der Waals surface area contributed by atoms with Gasteiger partial charge in [-0.05, 0) is 19.8 Å². The van der Waals surface area contributed by atoms with E-state index >= 15 is 0 Å². The maximum Gasteiger partial charge on any atom is 0.165 e. The summed E-state index contributed by atoms with van der Waals surface area (Å²) in [5.74, 6) is 0.298. The van der Waals surface area contributed by atoms with Crippen LogP contribution in [0.25, 0.3) is 11.2 Å². The van der Waals surface area contributed by atoms with Crippen LogP contribution < -0.4 is 5.32 Å². The number of hydrogen-bond acceptors (Lipinski definition) is 7. The molecular weight excluding hydrogens is 334 g/mol. The summed E-state index contributed by atoms with van der Waals surface area (Å²) in [5, 5.41) is 33.4. The van der Waals surface area contributed by atoms with E-state index in [0.717, 1.165) is 12.8 Å². The molecule has 0 amide bonds. The summed E-state index contributed by atoms with van der Waals surface area (Å²) in [6.07, 6.45) is 7.05. The second-order valence-corrected chi connectivity index (χ2v) is 7.41. The number of aliphatic hydroxyl groups excluding tert-OH is 3. The Morgan fingerprint density at radius 2 is 1.85 bits per heavy atom. The molecule has 8 heteroatoms. The Morgan fingerprint density at radius 1 is 1.12 bits per heavy atom. The van der Waals surface area contributed by atoms with Crippen molar-refractivity contribution in [3.8, 4) is 0 Å². The Bertz CT molecular complexity index is 716. The van der Waals surface area contributed by atoms with E-state index in [1.54, 1.807) is 24.7 Å². The van der Waals surface area contributed by atoms with Crippen molar-refractivity contribution in [2.24, 2.45) is 5.92 Å². The predicted octanol–water partition coefficient (Wildman–Crippen LogP) is 1.48. The van der Waals surface area contributed by atoms with Crippen molar-refractivity contribution in [2.45, 2.75) is 70.2 Å². The molecule has 0 bridgehead atoms. The molecule has 2 heterocycles. The van der Waals surface area contributed by atoms with Gasteiger partial charge in [-0.15, -0.1) is 0 Å². The van der Waals surface area contributed by atoms with Gasteiger partial charge in [0.1, 0.15) is 17.9 Å². The normalized spacial score (nSPS) is 20.7. The molecule has 1 aliphatic rings. The predicted molar refractivity (Wildman–Crippen MR) is 98.8 cm³/mol. The minimum absolute atomic E-state index is 0.187. The summed E-state index contributed by atoms with van der Waals surface area (Å²) in [6.45, 7) is 3.31. The van der Waals surface area contributed by atoms with Gasteiger partial charge in [-0.2, -0.15) is 0 Å². The number of aliphatic hydroxyl groups is 3. The van der Waals surface area contributed by atoms with Crippen molar-refractivity contribution in [1.29, 1.82) is 0 Å². The Morgan fingerprint density at radius 3 is 2.54 bits per heavy atom. The van der Waals surface area contributed by atoms with Crippen molar-refractivity contribution in [2.75, 3.05) is 11.9 Å². The van der Waals surface area contributed by atoms with E-state index in [1.165, 1.54) is 25.6 Å². The highest BCUT2D eigenvalue weighted by Crippen LogP contribution is 2.27. The Balaban J connectivity index is 1.83. The molecule has 3 rings (SSSR count). The molecule has 26 heavy (non-hydrogen) atoms. The maximum atomic E-state index is 10.5. The smallest absolute Gasteiger partial charge is 0.165 e. The molecule has 0 spiro atoms. The highest BCUT2D eigenvalue weighted by molar-refractivity contribution is 5.82. The van der Waals surface area contributed by atoms with Crippen LogP contribution in [-0.2, 0) is 0 Å². The van der Waals surface area contributed by atoms with Gasteiger partial charge in [0, 0.05) is 18.6 Å². The maximum absolute atomic E-state index is 10.5. The van der Waals surface area contributed by atoms with Gasteiger partial charge >= 0.3 is 0 Å². The van der Waals surface area contributed by atoms with E-state index in [2.05, 4.69) is 20.3 Å². The number of nitrogens with one attached hydrogen (secondary N) is 1. The molecule has 0 saturated heterocycles. The topological polar surface area (TPSA) is 116 Å². The first-order chi connectivity index (χ1) is 12.5. The number of nitrogens with zero attached hydrogens (tertiary/aromatic N) is 4. The molecule has 0 radical (unpaired) electrons. The first-order valence-electron chi connectivity index (χ1n) is 9.44. The molecule has 8 nitrogen and oxygen atoms in total. The van der Waals surface area contributed by atoms with Crippen molar-refractivity contribution in [3.63, 3.8) is 0 Å². The average Bonchev–Trinajstić information content (AvgIpc) is 3.11. The minimum atomic E-state index is -1.04. The molecule has 0 aromatic carbocycles. The van der Waals surface area contributed by atoms with Crippen molar-refractivity contribution in [1.82, 2.24) is 19.5 Å². The van der Waals surface area contributed by atoms with Gasteiger partial charge in [0.2, 0.25) is 0 Å². The lowest BCUT2D eigenvalue weighted by Gasteiger charge is -2.28. The molecule has 144 valence electrons. The summed E-state index contributed by atoms with van der Waals surface area (Å²) < 4.78 is 1.75. The molecule has 1 unspecified atom stereocenters. The van der Waals surface area contributed by atoms with E-state index in [-0.39, 0.29) is 6.61 Å². The molecule has 4 atom stereocenters. The van der Waals surface area contributed by atoms with Gasteiger partial charge in [-0.25, -0.2) is 15.0 Å². The standard InChI is InChI=1S/C18H29N5O3/c1-11(8-24)15(25)16(26)12(2)23-10-21-14-17(19-9-20-18(14)23)22-13-6-4-3-5-7-13/h9-13,15-16,24-26H,3-8H2,1-2H3,(H,19,20,22)/t11-,12?,15-,16+/m1/s1. The fraction of sp³-hybridized carbons (Fsp3) is 0.722. The molecule has 4 N–H and O–H groups in total. The number of anilines is 1. The number of imidazole rings is 1. The van der Waals surface area contributed by atoms with Crippen LogP contribution in [0.1, 0.15) is 52.0 Å². The molecule has 2 aromatic rings. The van der Waals surface area contributed by atoms with Crippen LogP contribution in [-0.4, -0.2) is 59.7 Å². The van der Waals surface area contributed by atoms with E-state index in [1.807, 2.05) is 0 Å². The zero-order valence-electron chi connectivity index (χ0n) is 15.4. The third kappa shape index (κ3) is 3.82. The van der Waals surface area contributed by atoms with Crippen molar-refractivity contribution >= 4 is 17.0 Å². The number of hydrogen-bond donors (Lipinski definition) is 4. The highest BCUT2D eigenvalue weighted by Gasteiger charge is 2.29. The molecular formula is C18H29N5O3. The first-order valence-corrected chi connectivity index (χ1v) is 9.44. The summed E-state index contributed by atoms with van der Waals surface area (Å²) in [5.41, 5.74) is 1.29. The van der Waals surface area contributed by atoms with Crippen LogP contribution in [0.15, 0.2) is 12.7 Å². The summed E-state index contributed by atoms with van der Waals surface area (Å²) in [6, 6.07) is -0.0383. The lowest BCUT2D eigenvalue weighted by Crippen LogP contribution is -2.39. The Hall–Kier alpha value is -1.77. The van der Waals surface area contributed by atoms with E-state index < -0.39 is 24.2 Å². The lowest BCUT2D eigenvalue weighted by molar-refractivity contribution is -0.0470. The zero-order valence-corrected chi connectivity index (χ0v) is 15.4. The molecule has 0 aliphatic heterocycles. The summed E-state index contributed by atoms with van der Waals surface area (Å²) in [4.78, 5) is 13.1. The van der Waals surface area contributed by atoms with Crippen LogP contribution in [0.3, 0.4) is 0 Å². The van der Waals surface area contributed by atoms with Crippen molar-refractivity contribution < 1.29 is 15.3 Å². The monoisotopic (exact) mass is 363 g/mol. The fourth-order valence-corrected chi connectivity index (χ4v) is 3.59. The third-order valence-corrected chi connectivity index (χ3v) is 5.46. The number of aromatic nitrogens is 4. The van der Waals surface area contributed by atoms with E-state index in [0.29, 0.717) is 23.0 Å². The van der Waals surface area contributed by atoms with Gasteiger partial charge in [0.25, 0.3) is 0 Å². The zero-order chi connectivity index (χ0) is 18.7. The summed E-state index contributed by atoms with van der Waals surface area (Å²) >= 11 is 0. The SMILES string of the molecule is CC([C@H](O)[C@H](O)[C@H](C)CO)n1cnc2c(NC3CCCCC3)ncnc21. The largest absolute Gasteiger partial charge is 0.396 e. The van der Waals surface area contributed by atoms with Crippen LogP contribution in [0.5, 0.6) is 0 Å². The van der Waals surface area contributed by atoms with Gasteiger partial charge in [-0.1, -0.05) is 26.2 Å². The second-order valence-electron chi connectivity index (χ2n) is 7.41. The molecule has 2 aromatic heterocycles. The van der Waals surface area contributed by atoms with Crippen LogP contribution in [0.4, 0.5) is 5.82 Å². The fourth-order valence-electron chi connectivity index (χ4n) is 3.59. The van der Waals surface area contributed by atoms with Gasteiger partial charge in [0.15, 0.2) is 11.5 Å². The highest BCUT2D eigenvalue weighted by atomic mass is 16.3. The Labute approximate surface area is 153 Å². The van der Waals surface area contributed by atoms with Gasteiger partial charge < -0.3 is 25.2 Å². The number of fused-ring (bicyclic) bond motifs is 1. The van der Waals surface area contributed by atoms with Crippen LogP contribution in [0.2, 0.25) is 0 Å². The van der Waals surface area contributed by atoms with Gasteiger partial charge in [0.05, 0.1) is 18.5 Å². The van der Waals surface area contributed by atoms with Crippen molar-refractivity contribution in [3.05, 3.63) is 12.7 Å². The number of rotatable bonds is 7. The molecule has 1 fully saturated rings. The van der Waals surface area contributed by atoms with E-state index in [9.17, 15) is 15.3 Å². The molecule has 1 aliphatic carbocycles. The van der Waals surface area contributed by atoms with Crippen LogP contribution in [0, 0.1) is 5.92 Å². The summed E-state index contributed by atoms with van der Waals surface area (Å²) in [7, 11) is 0. The Kier molecular flexibility index (Phi) is 6.05. The average molecular weight is 363 g/mol. The van der Waals surface area contributed by atoms with Gasteiger partial charge in [-0.3, -0.25) is 0 Å². The quantitative estimate of drug-likeness (QED) is 0.589. The lowest BCUT2D eigenvalue weighted by atomic mass is 9.95. The second kappa shape index (κ2) is 8.28. The first kappa shape index (κ1) is 19.0. The van der Waals surface area contributed by atoms with E-state index in [4.69, 9.17) is 0 Å². The molecule has 1 saturated carbocycles. The minimum Gasteiger partial charge on any atom is -0.396 e.